The molecule has 2 aliphatic rings. The fourth-order valence-corrected chi connectivity index (χ4v) is 6.63. The molecule has 2 aromatic carbocycles. The third-order valence-electron chi connectivity index (χ3n) is 7.53. The highest BCUT2D eigenvalue weighted by molar-refractivity contribution is 7.17. The van der Waals surface area contributed by atoms with Gasteiger partial charge in [0, 0.05) is 54.1 Å². The zero-order chi connectivity index (χ0) is 29.1. The Balaban J connectivity index is 1.20. The van der Waals surface area contributed by atoms with Crippen LogP contribution in [-0.2, 0) is 6.42 Å². The van der Waals surface area contributed by atoms with Crippen molar-refractivity contribution in [3.05, 3.63) is 94.5 Å². The molecule has 8 nitrogen and oxygen atoms in total. The molecule has 0 unspecified atom stereocenters. The van der Waals surface area contributed by atoms with Crippen molar-refractivity contribution in [2.45, 2.75) is 19.3 Å². The SMILES string of the molecule is O=C(NCCF)c1cc2c(s1)-c1ccccc1N(C(=O)c1ccc(NC(=O)c3cccnc3N3CCCC3)cc1)CC2. The number of carbonyl (C=O) groups excluding carboxylic acids is 3. The maximum atomic E-state index is 13.8. The van der Waals surface area contributed by atoms with E-state index < -0.39 is 6.67 Å². The van der Waals surface area contributed by atoms with Gasteiger partial charge >= 0.3 is 0 Å². The van der Waals surface area contributed by atoms with E-state index in [-0.39, 0.29) is 24.3 Å². The van der Waals surface area contributed by atoms with Crippen molar-refractivity contribution in [1.29, 1.82) is 0 Å². The molecule has 0 radical (unpaired) electrons. The van der Waals surface area contributed by atoms with Crippen LogP contribution in [0.1, 0.15) is 48.8 Å². The van der Waals surface area contributed by atoms with Crippen LogP contribution < -0.4 is 20.4 Å². The molecule has 3 amide bonds. The van der Waals surface area contributed by atoms with Crippen LogP contribution in [0.4, 0.5) is 21.6 Å². The molecule has 0 aliphatic carbocycles. The Bertz CT molecular complexity index is 1630. The van der Waals surface area contributed by atoms with Crippen molar-refractivity contribution in [2.24, 2.45) is 0 Å². The molecule has 0 bridgehead atoms. The van der Waals surface area contributed by atoms with Crippen molar-refractivity contribution in [3.8, 4) is 10.4 Å². The number of hydrogen-bond acceptors (Lipinski definition) is 6. The lowest BCUT2D eigenvalue weighted by Gasteiger charge is -2.23. The number of nitrogens with zero attached hydrogens (tertiary/aromatic N) is 3. The molecule has 2 aromatic heterocycles. The van der Waals surface area contributed by atoms with Gasteiger partial charge in [-0.25, -0.2) is 9.37 Å². The summed E-state index contributed by atoms with van der Waals surface area (Å²) in [6.07, 6.45) is 4.45. The van der Waals surface area contributed by atoms with Gasteiger partial charge in [0.05, 0.1) is 16.1 Å². The topological polar surface area (TPSA) is 94.6 Å². The fourth-order valence-electron chi connectivity index (χ4n) is 5.47. The summed E-state index contributed by atoms with van der Waals surface area (Å²) in [6.45, 7) is 1.57. The molecule has 10 heteroatoms. The Morgan fingerprint density at radius 2 is 1.71 bits per heavy atom. The van der Waals surface area contributed by atoms with Gasteiger partial charge in [-0.15, -0.1) is 11.3 Å². The Labute approximate surface area is 247 Å². The van der Waals surface area contributed by atoms with Crippen LogP contribution in [0.25, 0.3) is 10.4 Å². The molecular weight excluding hydrogens is 553 g/mol. The third kappa shape index (κ3) is 5.49. The largest absolute Gasteiger partial charge is 0.356 e. The lowest BCUT2D eigenvalue weighted by molar-refractivity contribution is 0.0952. The second-order valence-corrected chi connectivity index (χ2v) is 11.3. The fraction of sp³-hybridized carbons (Fsp3) is 0.250. The molecule has 1 saturated heterocycles. The average Bonchev–Trinajstić information content (AvgIpc) is 3.69. The predicted octanol–water partition coefficient (Wildman–Crippen LogP) is 5.56. The molecule has 0 saturated carbocycles. The van der Waals surface area contributed by atoms with Crippen LogP contribution in [0.2, 0.25) is 0 Å². The van der Waals surface area contributed by atoms with Crippen molar-refractivity contribution < 1.29 is 18.8 Å². The Morgan fingerprint density at radius 1 is 0.929 bits per heavy atom. The van der Waals surface area contributed by atoms with Crippen molar-refractivity contribution in [3.63, 3.8) is 0 Å². The number of alkyl halides is 1. The molecule has 0 spiro atoms. The maximum absolute atomic E-state index is 13.8. The molecule has 42 heavy (non-hydrogen) atoms. The zero-order valence-electron chi connectivity index (χ0n) is 22.9. The Morgan fingerprint density at radius 3 is 2.50 bits per heavy atom. The average molecular weight is 584 g/mol. The van der Waals surface area contributed by atoms with Crippen molar-refractivity contribution >= 4 is 46.3 Å². The number of thiophene rings is 1. The van der Waals surface area contributed by atoms with E-state index in [9.17, 15) is 18.8 Å². The number of carbonyl (C=O) groups is 3. The number of anilines is 3. The van der Waals surface area contributed by atoms with Gasteiger partial charge in [0.15, 0.2) is 0 Å². The first-order valence-electron chi connectivity index (χ1n) is 14.0. The minimum Gasteiger partial charge on any atom is -0.356 e. The molecule has 4 heterocycles. The number of fused-ring (bicyclic) bond motifs is 3. The van der Waals surface area contributed by atoms with Gasteiger partial charge in [-0.1, -0.05) is 18.2 Å². The Kier molecular flexibility index (Phi) is 7.96. The van der Waals surface area contributed by atoms with E-state index in [1.54, 1.807) is 47.5 Å². The van der Waals surface area contributed by atoms with Crippen LogP contribution in [0, 0.1) is 0 Å². The summed E-state index contributed by atoms with van der Waals surface area (Å²) in [7, 11) is 0. The minimum atomic E-state index is -0.617. The van der Waals surface area contributed by atoms with Crippen LogP contribution in [0.5, 0.6) is 0 Å². The smallest absolute Gasteiger partial charge is 0.261 e. The summed E-state index contributed by atoms with van der Waals surface area (Å²) in [5.41, 5.74) is 4.23. The quantitative estimate of drug-likeness (QED) is 0.297. The molecule has 6 rings (SSSR count). The van der Waals surface area contributed by atoms with Gasteiger partial charge in [0.2, 0.25) is 0 Å². The molecule has 0 atom stereocenters. The number of aromatic nitrogens is 1. The molecule has 4 aromatic rings. The summed E-state index contributed by atoms with van der Waals surface area (Å²) >= 11 is 1.35. The van der Waals surface area contributed by atoms with Crippen LogP contribution in [0.3, 0.4) is 0 Å². The van der Waals surface area contributed by atoms with E-state index in [1.807, 2.05) is 30.3 Å². The van der Waals surface area contributed by atoms with Gasteiger partial charge in [-0.3, -0.25) is 14.4 Å². The first kappa shape index (κ1) is 27.6. The number of pyridine rings is 1. The standard InChI is InChI=1S/C32H30FN5O3S/c33-14-16-35-31(40)27-20-22-13-19-38(26-8-2-1-6-24(26)28(22)42-27)32(41)21-9-11-23(12-10-21)36-30(39)25-7-5-15-34-29(25)37-17-3-4-18-37/h1-2,5-12,15,20H,3-4,13-14,16-19H2,(H,35,40)(H,36,39). The summed E-state index contributed by atoms with van der Waals surface area (Å²) < 4.78 is 12.6. The predicted molar refractivity (Wildman–Crippen MR) is 164 cm³/mol. The lowest BCUT2D eigenvalue weighted by atomic mass is 10.1. The second-order valence-electron chi connectivity index (χ2n) is 10.2. The summed E-state index contributed by atoms with van der Waals surface area (Å²) in [5.74, 6) is 0.00801. The number of halogens is 1. The third-order valence-corrected chi connectivity index (χ3v) is 8.74. The normalized spacial score (nSPS) is 14.1. The lowest BCUT2D eigenvalue weighted by Crippen LogP contribution is -2.32. The molecule has 2 aliphatic heterocycles. The number of rotatable bonds is 7. The van der Waals surface area contributed by atoms with Crippen LogP contribution >= 0.6 is 11.3 Å². The Hall–Kier alpha value is -4.57. The monoisotopic (exact) mass is 583 g/mol. The first-order chi connectivity index (χ1) is 20.5. The van der Waals surface area contributed by atoms with Crippen LogP contribution in [-0.4, -0.2) is 55.6 Å². The van der Waals surface area contributed by atoms with E-state index in [0.717, 1.165) is 47.6 Å². The molecule has 1 fully saturated rings. The van der Waals surface area contributed by atoms with Crippen LogP contribution in [0.15, 0.2) is 72.9 Å². The number of para-hydroxylation sites is 1. The maximum Gasteiger partial charge on any atom is 0.261 e. The van der Waals surface area contributed by atoms with Gasteiger partial charge in [0.25, 0.3) is 17.7 Å². The minimum absolute atomic E-state index is 0.0220. The van der Waals surface area contributed by atoms with E-state index >= 15 is 0 Å². The zero-order valence-corrected chi connectivity index (χ0v) is 23.8. The molecule has 2 N–H and O–H groups in total. The summed E-state index contributed by atoms with van der Waals surface area (Å²) in [4.78, 5) is 49.2. The highest BCUT2D eigenvalue weighted by Crippen LogP contribution is 2.41. The van der Waals surface area contributed by atoms with E-state index in [2.05, 4.69) is 20.5 Å². The first-order valence-corrected chi connectivity index (χ1v) is 14.8. The second kappa shape index (κ2) is 12.1. The number of nitrogens with one attached hydrogen (secondary N) is 2. The number of amides is 3. The van der Waals surface area contributed by atoms with E-state index in [4.69, 9.17) is 0 Å². The van der Waals surface area contributed by atoms with Gasteiger partial charge in [0.1, 0.15) is 12.5 Å². The van der Waals surface area contributed by atoms with Crippen molar-refractivity contribution in [1.82, 2.24) is 10.3 Å². The summed E-state index contributed by atoms with van der Waals surface area (Å²) in [5, 5.41) is 5.53. The van der Waals surface area contributed by atoms with Gasteiger partial charge in [-0.2, -0.15) is 0 Å². The highest BCUT2D eigenvalue weighted by atomic mass is 32.1. The van der Waals surface area contributed by atoms with E-state index in [0.29, 0.717) is 40.5 Å². The van der Waals surface area contributed by atoms with Gasteiger partial charge < -0.3 is 20.4 Å². The number of hydrogen-bond donors (Lipinski definition) is 2. The summed E-state index contributed by atoms with van der Waals surface area (Å²) in [6, 6.07) is 20.0. The van der Waals surface area contributed by atoms with E-state index in [1.165, 1.54) is 11.3 Å². The molecule has 214 valence electrons. The van der Waals surface area contributed by atoms with Gasteiger partial charge in [-0.05, 0) is 73.4 Å². The molecular formula is C32H30FN5O3S. The van der Waals surface area contributed by atoms with Crippen molar-refractivity contribution in [2.75, 3.05) is 48.0 Å². The highest BCUT2D eigenvalue weighted by Gasteiger charge is 2.28. The number of benzene rings is 2.